The maximum atomic E-state index is 12.6. The molecule has 1 N–H and O–H groups in total. The lowest BCUT2D eigenvalue weighted by Crippen LogP contribution is -2.22. The van der Waals surface area contributed by atoms with Gasteiger partial charge in [-0.1, -0.05) is 54.6 Å². The number of thiazole rings is 1. The zero-order chi connectivity index (χ0) is 18.8. The highest BCUT2D eigenvalue weighted by Gasteiger charge is 2.13. The molecule has 1 aromatic heterocycles. The number of aryl methyl sites for hydroxylation is 2. The Balaban J connectivity index is 1.51. The van der Waals surface area contributed by atoms with Crippen molar-refractivity contribution in [3.63, 3.8) is 0 Å². The molecule has 3 nitrogen and oxygen atoms in total. The first-order valence-corrected chi connectivity index (χ1v) is 9.73. The van der Waals surface area contributed by atoms with Crippen LogP contribution in [0.1, 0.15) is 26.5 Å². The summed E-state index contributed by atoms with van der Waals surface area (Å²) in [6.45, 7) is 4.57. The van der Waals surface area contributed by atoms with Gasteiger partial charge >= 0.3 is 0 Å². The van der Waals surface area contributed by atoms with Crippen molar-refractivity contribution in [3.8, 4) is 10.6 Å². The number of hydrogen-bond donors (Lipinski definition) is 1. The van der Waals surface area contributed by atoms with Crippen molar-refractivity contribution in [2.45, 2.75) is 20.4 Å². The Morgan fingerprint density at radius 1 is 0.963 bits per heavy atom. The summed E-state index contributed by atoms with van der Waals surface area (Å²) >= 11 is 1.64. The van der Waals surface area contributed by atoms with Crippen LogP contribution in [0.5, 0.6) is 0 Å². The molecule has 0 unspecified atom stereocenters. The molecule has 4 rings (SSSR count). The number of carbonyl (C=O) groups excluding carboxylic acids is 1. The molecule has 3 aromatic carbocycles. The SMILES string of the molecule is Cc1ccccc1-c1nc(C)c(CNC(=O)c2ccc3ccccc3c2)s1. The molecule has 0 spiro atoms. The molecule has 0 fully saturated rings. The van der Waals surface area contributed by atoms with Crippen LogP contribution in [0.3, 0.4) is 0 Å². The van der Waals surface area contributed by atoms with E-state index in [2.05, 4.69) is 24.4 Å². The molecule has 4 aromatic rings. The Hall–Kier alpha value is -2.98. The number of benzene rings is 3. The first kappa shape index (κ1) is 17.4. The number of nitrogens with one attached hydrogen (secondary N) is 1. The molecule has 0 aliphatic heterocycles. The molecular weight excluding hydrogens is 352 g/mol. The van der Waals surface area contributed by atoms with Crippen LogP contribution in [0.15, 0.2) is 66.7 Å². The summed E-state index contributed by atoms with van der Waals surface area (Å²) in [4.78, 5) is 18.4. The highest BCUT2D eigenvalue weighted by molar-refractivity contribution is 7.15. The van der Waals surface area contributed by atoms with Gasteiger partial charge in [0.25, 0.3) is 5.91 Å². The minimum absolute atomic E-state index is 0.0639. The van der Waals surface area contributed by atoms with Gasteiger partial charge in [-0.3, -0.25) is 4.79 Å². The van der Waals surface area contributed by atoms with E-state index in [1.54, 1.807) is 11.3 Å². The molecule has 4 heteroatoms. The van der Waals surface area contributed by atoms with Crippen LogP contribution in [0.4, 0.5) is 0 Å². The fraction of sp³-hybridized carbons (Fsp3) is 0.130. The third kappa shape index (κ3) is 3.62. The van der Waals surface area contributed by atoms with Crippen molar-refractivity contribution < 1.29 is 4.79 Å². The van der Waals surface area contributed by atoms with Crippen molar-refractivity contribution >= 4 is 28.0 Å². The topological polar surface area (TPSA) is 42.0 Å². The quantitative estimate of drug-likeness (QED) is 0.513. The van der Waals surface area contributed by atoms with Crippen LogP contribution in [0, 0.1) is 13.8 Å². The summed E-state index contributed by atoms with van der Waals surface area (Å²) in [5, 5.41) is 6.24. The van der Waals surface area contributed by atoms with Gasteiger partial charge in [0.15, 0.2) is 0 Å². The van der Waals surface area contributed by atoms with E-state index in [-0.39, 0.29) is 5.91 Å². The highest BCUT2D eigenvalue weighted by atomic mass is 32.1. The molecule has 0 bridgehead atoms. The summed E-state index contributed by atoms with van der Waals surface area (Å²) in [6, 6.07) is 22.1. The Bertz CT molecular complexity index is 1130. The lowest BCUT2D eigenvalue weighted by molar-refractivity contribution is 0.0951. The number of carbonyl (C=O) groups is 1. The summed E-state index contributed by atoms with van der Waals surface area (Å²) in [5.74, 6) is -0.0639. The first-order valence-electron chi connectivity index (χ1n) is 8.91. The van der Waals surface area contributed by atoms with E-state index in [1.807, 2.05) is 61.5 Å². The van der Waals surface area contributed by atoms with Gasteiger partial charge in [0, 0.05) is 16.0 Å². The molecule has 0 atom stereocenters. The third-order valence-electron chi connectivity index (χ3n) is 4.69. The van der Waals surface area contributed by atoms with Crippen LogP contribution < -0.4 is 5.32 Å². The molecule has 0 aliphatic carbocycles. The standard InChI is InChI=1S/C23H20N2OS/c1-15-7-3-6-10-20(15)23-25-16(2)21(27-23)14-24-22(26)19-12-11-17-8-4-5-9-18(17)13-19/h3-13H,14H2,1-2H3,(H,24,26). The van der Waals surface area contributed by atoms with Gasteiger partial charge in [-0.15, -0.1) is 11.3 Å². The van der Waals surface area contributed by atoms with Gasteiger partial charge in [0.1, 0.15) is 5.01 Å². The minimum atomic E-state index is -0.0639. The van der Waals surface area contributed by atoms with E-state index in [0.29, 0.717) is 12.1 Å². The van der Waals surface area contributed by atoms with Crippen LogP contribution in [-0.4, -0.2) is 10.9 Å². The highest BCUT2D eigenvalue weighted by Crippen LogP contribution is 2.30. The Morgan fingerprint density at radius 3 is 2.52 bits per heavy atom. The monoisotopic (exact) mass is 372 g/mol. The predicted molar refractivity (Wildman–Crippen MR) is 112 cm³/mol. The van der Waals surface area contributed by atoms with E-state index < -0.39 is 0 Å². The van der Waals surface area contributed by atoms with Gasteiger partial charge in [-0.05, 0) is 42.3 Å². The molecule has 0 saturated carbocycles. The van der Waals surface area contributed by atoms with E-state index in [1.165, 1.54) is 5.56 Å². The molecular formula is C23H20N2OS. The number of fused-ring (bicyclic) bond motifs is 1. The predicted octanol–water partition coefficient (Wildman–Crippen LogP) is 5.51. The molecule has 0 saturated heterocycles. The first-order chi connectivity index (χ1) is 13.1. The largest absolute Gasteiger partial charge is 0.347 e. The van der Waals surface area contributed by atoms with Crippen molar-refractivity contribution in [3.05, 3.63) is 88.4 Å². The summed E-state index contributed by atoms with van der Waals surface area (Å²) < 4.78 is 0. The van der Waals surface area contributed by atoms with Crippen molar-refractivity contribution in [2.75, 3.05) is 0 Å². The van der Waals surface area contributed by atoms with Gasteiger partial charge in [0.2, 0.25) is 0 Å². The summed E-state index contributed by atoms with van der Waals surface area (Å²) in [6.07, 6.45) is 0. The van der Waals surface area contributed by atoms with Crippen LogP contribution in [0.25, 0.3) is 21.3 Å². The molecule has 0 aliphatic rings. The van der Waals surface area contributed by atoms with E-state index in [0.717, 1.165) is 31.9 Å². The number of amides is 1. The van der Waals surface area contributed by atoms with Crippen LogP contribution in [-0.2, 0) is 6.54 Å². The molecule has 134 valence electrons. The van der Waals surface area contributed by atoms with Crippen molar-refractivity contribution in [1.29, 1.82) is 0 Å². The minimum Gasteiger partial charge on any atom is -0.347 e. The molecule has 0 radical (unpaired) electrons. The zero-order valence-corrected chi connectivity index (χ0v) is 16.1. The molecule has 1 amide bonds. The Labute approximate surface area is 162 Å². The van der Waals surface area contributed by atoms with E-state index in [4.69, 9.17) is 4.98 Å². The second-order valence-corrected chi connectivity index (χ2v) is 7.67. The fourth-order valence-electron chi connectivity index (χ4n) is 3.11. The Morgan fingerprint density at radius 2 is 1.70 bits per heavy atom. The van der Waals surface area contributed by atoms with E-state index >= 15 is 0 Å². The second-order valence-electron chi connectivity index (χ2n) is 6.59. The maximum absolute atomic E-state index is 12.6. The Kier molecular flexibility index (Phi) is 4.73. The average molecular weight is 372 g/mol. The average Bonchev–Trinajstić information content (AvgIpc) is 3.06. The summed E-state index contributed by atoms with van der Waals surface area (Å²) in [5.41, 5.74) is 4.00. The summed E-state index contributed by atoms with van der Waals surface area (Å²) in [7, 11) is 0. The fourth-order valence-corrected chi connectivity index (χ4v) is 4.21. The van der Waals surface area contributed by atoms with Gasteiger partial charge in [0.05, 0.1) is 12.2 Å². The van der Waals surface area contributed by atoms with Gasteiger partial charge in [-0.2, -0.15) is 0 Å². The van der Waals surface area contributed by atoms with Crippen molar-refractivity contribution in [1.82, 2.24) is 10.3 Å². The number of aromatic nitrogens is 1. The van der Waals surface area contributed by atoms with Gasteiger partial charge in [-0.25, -0.2) is 4.98 Å². The maximum Gasteiger partial charge on any atom is 0.251 e. The van der Waals surface area contributed by atoms with Crippen LogP contribution >= 0.6 is 11.3 Å². The lowest BCUT2D eigenvalue weighted by atomic mass is 10.1. The molecule has 27 heavy (non-hydrogen) atoms. The number of hydrogen-bond acceptors (Lipinski definition) is 3. The molecule has 1 heterocycles. The third-order valence-corrected chi connectivity index (χ3v) is 5.88. The lowest BCUT2D eigenvalue weighted by Gasteiger charge is -2.06. The van der Waals surface area contributed by atoms with Crippen LogP contribution in [0.2, 0.25) is 0 Å². The second kappa shape index (κ2) is 7.33. The zero-order valence-electron chi connectivity index (χ0n) is 15.3. The van der Waals surface area contributed by atoms with Gasteiger partial charge < -0.3 is 5.32 Å². The number of rotatable bonds is 4. The number of nitrogens with zero attached hydrogens (tertiary/aromatic N) is 1. The smallest absolute Gasteiger partial charge is 0.251 e. The van der Waals surface area contributed by atoms with E-state index in [9.17, 15) is 4.79 Å². The van der Waals surface area contributed by atoms with Crippen molar-refractivity contribution in [2.24, 2.45) is 0 Å². The normalized spacial score (nSPS) is 10.9.